The molecule has 3 rings (SSSR count). The van der Waals surface area contributed by atoms with Crippen molar-refractivity contribution >= 4 is 23.3 Å². The normalized spacial score (nSPS) is 31.2. The first-order valence-corrected chi connectivity index (χ1v) is 7.82. The van der Waals surface area contributed by atoms with E-state index in [1.54, 1.807) is 11.3 Å². The lowest BCUT2D eigenvalue weighted by atomic mass is 9.84. The molecule has 1 aromatic heterocycles. The molecular formula is C14H18N2O3S. The molecule has 3 N–H and O–H groups in total. The van der Waals surface area contributed by atoms with Crippen LogP contribution in [0.5, 0.6) is 0 Å². The van der Waals surface area contributed by atoms with Crippen LogP contribution < -0.4 is 10.6 Å². The number of carboxylic acid groups (broad SMARTS) is 1. The lowest BCUT2D eigenvalue weighted by molar-refractivity contribution is -0.144. The van der Waals surface area contributed by atoms with Gasteiger partial charge in [-0.3, -0.25) is 4.79 Å². The number of urea groups is 1. The fourth-order valence-corrected chi connectivity index (χ4v) is 4.28. The van der Waals surface area contributed by atoms with Gasteiger partial charge < -0.3 is 15.7 Å². The highest BCUT2D eigenvalue weighted by Crippen LogP contribution is 2.48. The monoisotopic (exact) mass is 294 g/mol. The highest BCUT2D eigenvalue weighted by molar-refractivity contribution is 7.09. The first-order valence-electron chi connectivity index (χ1n) is 6.94. The smallest absolute Gasteiger partial charge is 0.315 e. The van der Waals surface area contributed by atoms with Gasteiger partial charge >= 0.3 is 12.0 Å². The third kappa shape index (κ3) is 2.52. The molecule has 0 spiro atoms. The van der Waals surface area contributed by atoms with Crippen molar-refractivity contribution < 1.29 is 14.7 Å². The van der Waals surface area contributed by atoms with Gasteiger partial charge in [-0.05, 0) is 42.5 Å². The van der Waals surface area contributed by atoms with Crippen LogP contribution in [-0.4, -0.2) is 23.1 Å². The van der Waals surface area contributed by atoms with Crippen molar-refractivity contribution in [1.82, 2.24) is 10.6 Å². The second-order valence-electron chi connectivity index (χ2n) is 5.63. The minimum absolute atomic E-state index is 0.213. The average Bonchev–Trinajstić information content (AvgIpc) is 3.12. The molecule has 2 bridgehead atoms. The van der Waals surface area contributed by atoms with Gasteiger partial charge in [-0.1, -0.05) is 6.07 Å². The molecule has 5 nitrogen and oxygen atoms in total. The van der Waals surface area contributed by atoms with Crippen LogP contribution in [0.4, 0.5) is 4.79 Å². The third-order valence-electron chi connectivity index (χ3n) is 4.50. The summed E-state index contributed by atoms with van der Waals surface area (Å²) in [6.07, 6.45) is 2.95. The summed E-state index contributed by atoms with van der Waals surface area (Å²) in [5, 5.41) is 17.0. The molecular weight excluding hydrogens is 276 g/mol. The summed E-state index contributed by atoms with van der Waals surface area (Å²) >= 11 is 1.59. The van der Waals surface area contributed by atoms with Crippen LogP contribution in [0.25, 0.3) is 0 Å². The summed E-state index contributed by atoms with van der Waals surface area (Å²) in [6.45, 7) is 0.488. The second-order valence-corrected chi connectivity index (χ2v) is 6.66. The summed E-state index contributed by atoms with van der Waals surface area (Å²) in [5.41, 5.74) is 0. The largest absolute Gasteiger partial charge is 0.481 e. The third-order valence-corrected chi connectivity index (χ3v) is 5.38. The summed E-state index contributed by atoms with van der Waals surface area (Å²) in [7, 11) is 0. The maximum atomic E-state index is 11.9. The van der Waals surface area contributed by atoms with E-state index in [1.165, 1.54) is 0 Å². The molecule has 2 amide bonds. The van der Waals surface area contributed by atoms with E-state index in [0.717, 1.165) is 24.1 Å². The molecule has 0 aromatic carbocycles. The SMILES string of the molecule is O=C(NCc1cccs1)NC1C2CCC(C2)C1C(=O)O. The Bertz CT molecular complexity index is 503. The van der Waals surface area contributed by atoms with Crippen molar-refractivity contribution in [3.8, 4) is 0 Å². The minimum atomic E-state index is -0.777. The highest BCUT2D eigenvalue weighted by Gasteiger charge is 2.51. The summed E-state index contributed by atoms with van der Waals surface area (Å²) in [5.74, 6) is -0.629. The van der Waals surface area contributed by atoms with Crippen molar-refractivity contribution in [2.24, 2.45) is 17.8 Å². The molecule has 4 atom stereocenters. The Balaban J connectivity index is 1.56. The number of fused-ring (bicyclic) bond motifs is 2. The van der Waals surface area contributed by atoms with Crippen molar-refractivity contribution in [1.29, 1.82) is 0 Å². The van der Waals surface area contributed by atoms with E-state index in [4.69, 9.17) is 0 Å². The Morgan fingerprint density at radius 3 is 2.85 bits per heavy atom. The number of nitrogens with one attached hydrogen (secondary N) is 2. The van der Waals surface area contributed by atoms with Gasteiger partial charge in [-0.2, -0.15) is 0 Å². The number of hydrogen-bond donors (Lipinski definition) is 3. The van der Waals surface area contributed by atoms with E-state index in [9.17, 15) is 14.7 Å². The van der Waals surface area contributed by atoms with Crippen LogP contribution in [0.1, 0.15) is 24.1 Å². The first-order chi connectivity index (χ1) is 9.65. The molecule has 20 heavy (non-hydrogen) atoms. The van der Waals surface area contributed by atoms with E-state index in [2.05, 4.69) is 10.6 Å². The Labute approximate surface area is 121 Å². The van der Waals surface area contributed by atoms with Gasteiger partial charge in [0.1, 0.15) is 0 Å². The van der Waals surface area contributed by atoms with Gasteiger partial charge in [0.05, 0.1) is 12.5 Å². The van der Waals surface area contributed by atoms with E-state index < -0.39 is 11.9 Å². The van der Waals surface area contributed by atoms with E-state index in [1.807, 2.05) is 17.5 Å². The number of rotatable bonds is 4. The number of carbonyl (C=O) groups excluding carboxylic acids is 1. The molecule has 2 aliphatic rings. The Morgan fingerprint density at radius 2 is 2.15 bits per heavy atom. The number of amides is 2. The van der Waals surface area contributed by atoms with Gasteiger partial charge in [-0.15, -0.1) is 11.3 Å². The molecule has 1 heterocycles. The van der Waals surface area contributed by atoms with Crippen LogP contribution >= 0.6 is 11.3 Å². The van der Waals surface area contributed by atoms with E-state index in [-0.39, 0.29) is 18.0 Å². The fraction of sp³-hybridized carbons (Fsp3) is 0.571. The topological polar surface area (TPSA) is 78.4 Å². The molecule has 0 aliphatic heterocycles. The zero-order valence-corrected chi connectivity index (χ0v) is 11.9. The van der Waals surface area contributed by atoms with E-state index in [0.29, 0.717) is 12.5 Å². The number of aliphatic carboxylic acids is 1. The zero-order chi connectivity index (χ0) is 14.1. The van der Waals surface area contributed by atoms with Crippen LogP contribution in [0.2, 0.25) is 0 Å². The first kappa shape index (κ1) is 13.4. The maximum Gasteiger partial charge on any atom is 0.315 e. The minimum Gasteiger partial charge on any atom is -0.481 e. The molecule has 2 aliphatic carbocycles. The van der Waals surface area contributed by atoms with Crippen LogP contribution in [0, 0.1) is 17.8 Å². The molecule has 0 radical (unpaired) electrons. The van der Waals surface area contributed by atoms with Crippen LogP contribution in [-0.2, 0) is 11.3 Å². The summed E-state index contributed by atoms with van der Waals surface area (Å²) in [6, 6.07) is 3.43. The predicted octanol–water partition coefficient (Wildman–Crippen LogP) is 2.05. The fourth-order valence-electron chi connectivity index (χ4n) is 3.64. The highest BCUT2D eigenvalue weighted by atomic mass is 32.1. The van der Waals surface area contributed by atoms with E-state index >= 15 is 0 Å². The van der Waals surface area contributed by atoms with Gasteiger partial charge in [0, 0.05) is 10.9 Å². The Kier molecular flexibility index (Phi) is 3.65. The lowest BCUT2D eigenvalue weighted by Crippen LogP contribution is -2.50. The molecule has 2 saturated carbocycles. The van der Waals surface area contributed by atoms with Gasteiger partial charge in [0.25, 0.3) is 0 Å². The van der Waals surface area contributed by atoms with Gasteiger partial charge in [0.15, 0.2) is 0 Å². The van der Waals surface area contributed by atoms with Gasteiger partial charge in [0.2, 0.25) is 0 Å². The number of carbonyl (C=O) groups is 2. The molecule has 4 unspecified atom stereocenters. The summed E-state index contributed by atoms with van der Waals surface area (Å²) in [4.78, 5) is 24.4. The number of carboxylic acids is 1. The summed E-state index contributed by atoms with van der Waals surface area (Å²) < 4.78 is 0. The van der Waals surface area contributed by atoms with Crippen molar-refractivity contribution in [2.75, 3.05) is 0 Å². The Morgan fingerprint density at radius 1 is 1.35 bits per heavy atom. The average molecular weight is 294 g/mol. The van der Waals surface area contributed by atoms with Crippen LogP contribution in [0.3, 0.4) is 0 Å². The molecule has 1 aromatic rings. The van der Waals surface area contributed by atoms with Crippen LogP contribution in [0.15, 0.2) is 17.5 Å². The maximum absolute atomic E-state index is 11.9. The predicted molar refractivity (Wildman–Crippen MR) is 75.4 cm³/mol. The molecule has 108 valence electrons. The molecule has 2 fully saturated rings. The number of hydrogen-bond acceptors (Lipinski definition) is 3. The van der Waals surface area contributed by atoms with Crippen molar-refractivity contribution in [3.63, 3.8) is 0 Å². The number of thiophene rings is 1. The quantitative estimate of drug-likeness (QED) is 0.795. The molecule has 6 heteroatoms. The Hall–Kier alpha value is -1.56. The van der Waals surface area contributed by atoms with Gasteiger partial charge in [-0.25, -0.2) is 4.79 Å². The zero-order valence-electron chi connectivity index (χ0n) is 11.0. The van der Waals surface area contributed by atoms with Crippen molar-refractivity contribution in [3.05, 3.63) is 22.4 Å². The molecule has 0 saturated heterocycles. The lowest BCUT2D eigenvalue weighted by Gasteiger charge is -2.28. The van der Waals surface area contributed by atoms with Crippen molar-refractivity contribution in [2.45, 2.75) is 31.8 Å². The second kappa shape index (κ2) is 5.44. The standard InChI is InChI=1S/C14H18N2O3S/c17-13(18)11-8-3-4-9(6-8)12(11)16-14(19)15-7-10-2-1-5-20-10/h1-2,5,8-9,11-12H,3-4,6-7H2,(H,17,18)(H2,15,16,19).